The lowest BCUT2D eigenvalue weighted by molar-refractivity contribution is 0.0344. The summed E-state index contributed by atoms with van der Waals surface area (Å²) >= 11 is 0. The molecule has 0 bridgehead atoms. The lowest BCUT2D eigenvalue weighted by Crippen LogP contribution is -2.47. The first-order valence-corrected chi connectivity index (χ1v) is 6.00. The van der Waals surface area contributed by atoms with Crippen LogP contribution in [0, 0.1) is 0 Å². The summed E-state index contributed by atoms with van der Waals surface area (Å²) in [7, 11) is 0. The first-order valence-electron chi connectivity index (χ1n) is 6.00. The van der Waals surface area contributed by atoms with E-state index in [1.165, 1.54) is 6.07 Å². The van der Waals surface area contributed by atoms with Crippen LogP contribution in [-0.4, -0.2) is 36.4 Å². The second-order valence-electron chi connectivity index (χ2n) is 4.72. The summed E-state index contributed by atoms with van der Waals surface area (Å²) in [5.41, 5.74) is 7.54. The van der Waals surface area contributed by atoms with Crippen LogP contribution in [0.3, 0.4) is 0 Å². The molecule has 1 aromatic carbocycles. The molecule has 0 aliphatic carbocycles. The second-order valence-corrected chi connectivity index (χ2v) is 4.72. The summed E-state index contributed by atoms with van der Waals surface area (Å²) in [6.45, 7) is 5.50. The van der Waals surface area contributed by atoms with E-state index in [4.69, 9.17) is 15.6 Å². The number of rotatable bonds is 2. The highest BCUT2D eigenvalue weighted by atomic mass is 16.5. The zero-order chi connectivity index (χ0) is 13.3. The SMILES string of the molecule is CC1CN(c2ccc(C(=O)O)cc2N)C(C)CO1. The summed E-state index contributed by atoms with van der Waals surface area (Å²) in [5.74, 6) is -0.961. The van der Waals surface area contributed by atoms with Gasteiger partial charge in [0.25, 0.3) is 0 Å². The molecule has 0 amide bonds. The van der Waals surface area contributed by atoms with Gasteiger partial charge >= 0.3 is 5.97 Å². The van der Waals surface area contributed by atoms with E-state index in [1.807, 2.05) is 6.92 Å². The number of morpholine rings is 1. The number of carboxylic acid groups (broad SMARTS) is 1. The predicted molar refractivity (Wildman–Crippen MR) is 70.0 cm³/mol. The molecule has 98 valence electrons. The van der Waals surface area contributed by atoms with Gasteiger partial charge in [-0.25, -0.2) is 4.79 Å². The fourth-order valence-electron chi connectivity index (χ4n) is 2.19. The summed E-state index contributed by atoms with van der Waals surface area (Å²) < 4.78 is 5.57. The third-order valence-corrected chi connectivity index (χ3v) is 3.19. The van der Waals surface area contributed by atoms with Crippen LogP contribution in [0.2, 0.25) is 0 Å². The maximum atomic E-state index is 10.9. The number of nitrogens with two attached hydrogens (primary N) is 1. The summed E-state index contributed by atoms with van der Waals surface area (Å²) in [5, 5.41) is 8.92. The van der Waals surface area contributed by atoms with E-state index in [1.54, 1.807) is 12.1 Å². The maximum Gasteiger partial charge on any atom is 0.335 e. The lowest BCUT2D eigenvalue weighted by atomic mass is 10.1. The molecule has 0 spiro atoms. The number of hydrogen-bond acceptors (Lipinski definition) is 4. The van der Waals surface area contributed by atoms with Crippen LogP contribution in [-0.2, 0) is 4.74 Å². The third-order valence-electron chi connectivity index (χ3n) is 3.19. The molecule has 0 aromatic heterocycles. The van der Waals surface area contributed by atoms with Crippen LogP contribution in [0.4, 0.5) is 11.4 Å². The molecule has 18 heavy (non-hydrogen) atoms. The number of anilines is 2. The van der Waals surface area contributed by atoms with Gasteiger partial charge in [-0.05, 0) is 32.0 Å². The molecule has 1 saturated heterocycles. The van der Waals surface area contributed by atoms with E-state index in [0.29, 0.717) is 12.3 Å². The second kappa shape index (κ2) is 4.86. The van der Waals surface area contributed by atoms with Crippen molar-refractivity contribution in [3.63, 3.8) is 0 Å². The molecule has 0 saturated carbocycles. The van der Waals surface area contributed by atoms with Gasteiger partial charge in [-0.3, -0.25) is 0 Å². The highest BCUT2D eigenvalue weighted by Crippen LogP contribution is 2.28. The van der Waals surface area contributed by atoms with Crippen molar-refractivity contribution in [1.29, 1.82) is 0 Å². The Hall–Kier alpha value is -1.75. The minimum Gasteiger partial charge on any atom is -0.478 e. The van der Waals surface area contributed by atoms with Gasteiger partial charge in [-0.15, -0.1) is 0 Å². The first-order chi connectivity index (χ1) is 8.49. The van der Waals surface area contributed by atoms with Gasteiger partial charge in [0.1, 0.15) is 0 Å². The number of carbonyl (C=O) groups is 1. The number of benzene rings is 1. The van der Waals surface area contributed by atoms with Gasteiger partial charge < -0.3 is 20.5 Å². The monoisotopic (exact) mass is 250 g/mol. The normalized spacial score (nSPS) is 24.0. The molecule has 5 heteroatoms. The van der Waals surface area contributed by atoms with Gasteiger partial charge in [0.05, 0.1) is 29.6 Å². The van der Waals surface area contributed by atoms with Crippen LogP contribution in [0.25, 0.3) is 0 Å². The highest BCUT2D eigenvalue weighted by Gasteiger charge is 2.25. The zero-order valence-corrected chi connectivity index (χ0v) is 10.6. The zero-order valence-electron chi connectivity index (χ0n) is 10.6. The van der Waals surface area contributed by atoms with Crippen molar-refractivity contribution in [3.8, 4) is 0 Å². The molecule has 5 nitrogen and oxygen atoms in total. The van der Waals surface area contributed by atoms with E-state index in [9.17, 15) is 4.79 Å². The van der Waals surface area contributed by atoms with Gasteiger partial charge in [-0.2, -0.15) is 0 Å². The van der Waals surface area contributed by atoms with Crippen LogP contribution < -0.4 is 10.6 Å². The van der Waals surface area contributed by atoms with Gasteiger partial charge in [-0.1, -0.05) is 0 Å². The molecule has 1 aromatic rings. The van der Waals surface area contributed by atoms with Crippen molar-refractivity contribution in [2.45, 2.75) is 26.0 Å². The number of nitrogen functional groups attached to an aromatic ring is 1. The Bertz CT molecular complexity index is 462. The van der Waals surface area contributed by atoms with Crippen molar-refractivity contribution >= 4 is 17.3 Å². The molecular weight excluding hydrogens is 232 g/mol. The van der Waals surface area contributed by atoms with Crippen LogP contribution in [0.1, 0.15) is 24.2 Å². The molecule has 2 atom stereocenters. The number of nitrogens with zero attached hydrogens (tertiary/aromatic N) is 1. The van der Waals surface area contributed by atoms with Crippen molar-refractivity contribution < 1.29 is 14.6 Å². The van der Waals surface area contributed by atoms with Gasteiger partial charge in [0, 0.05) is 12.6 Å². The third kappa shape index (κ3) is 2.41. The molecule has 2 unspecified atom stereocenters. The molecule has 1 aliphatic heterocycles. The fourth-order valence-corrected chi connectivity index (χ4v) is 2.19. The van der Waals surface area contributed by atoms with E-state index in [2.05, 4.69) is 11.8 Å². The minimum absolute atomic E-state index is 0.153. The molecule has 2 rings (SSSR count). The Balaban J connectivity index is 2.30. The van der Waals surface area contributed by atoms with Crippen LogP contribution in [0.15, 0.2) is 18.2 Å². The first kappa shape index (κ1) is 12.7. The van der Waals surface area contributed by atoms with E-state index in [0.717, 1.165) is 12.2 Å². The molecule has 3 N–H and O–H groups in total. The van der Waals surface area contributed by atoms with Gasteiger partial charge in [0.15, 0.2) is 0 Å². The van der Waals surface area contributed by atoms with Crippen molar-refractivity contribution in [3.05, 3.63) is 23.8 Å². The summed E-state index contributed by atoms with van der Waals surface area (Å²) in [6.07, 6.45) is 0.153. The largest absolute Gasteiger partial charge is 0.478 e. The van der Waals surface area contributed by atoms with E-state index in [-0.39, 0.29) is 17.7 Å². The molecular formula is C13H18N2O3. The Morgan fingerprint density at radius 3 is 2.83 bits per heavy atom. The predicted octanol–water partition coefficient (Wildman–Crippen LogP) is 1.58. The highest BCUT2D eigenvalue weighted by molar-refractivity contribution is 5.90. The van der Waals surface area contributed by atoms with Crippen molar-refractivity contribution in [2.24, 2.45) is 0 Å². The Labute approximate surface area is 106 Å². The molecule has 1 aliphatic rings. The van der Waals surface area contributed by atoms with E-state index < -0.39 is 5.97 Å². The number of aromatic carboxylic acids is 1. The van der Waals surface area contributed by atoms with Crippen molar-refractivity contribution in [1.82, 2.24) is 0 Å². The summed E-state index contributed by atoms with van der Waals surface area (Å²) in [4.78, 5) is 13.0. The Morgan fingerprint density at radius 1 is 1.50 bits per heavy atom. The van der Waals surface area contributed by atoms with Crippen molar-refractivity contribution in [2.75, 3.05) is 23.8 Å². The summed E-state index contributed by atoms with van der Waals surface area (Å²) in [6, 6.07) is 5.10. The minimum atomic E-state index is -0.961. The average molecular weight is 250 g/mol. The standard InChI is InChI=1S/C13H18N2O3/c1-8-7-18-9(2)6-15(8)12-4-3-10(13(16)17)5-11(12)14/h3-5,8-9H,6-7,14H2,1-2H3,(H,16,17). The van der Waals surface area contributed by atoms with Gasteiger partial charge in [0.2, 0.25) is 0 Å². The number of carboxylic acids is 1. The van der Waals surface area contributed by atoms with Crippen LogP contribution >= 0.6 is 0 Å². The Morgan fingerprint density at radius 2 is 2.22 bits per heavy atom. The quantitative estimate of drug-likeness (QED) is 0.779. The fraction of sp³-hybridized carbons (Fsp3) is 0.462. The lowest BCUT2D eigenvalue weighted by Gasteiger charge is -2.39. The van der Waals surface area contributed by atoms with Crippen LogP contribution in [0.5, 0.6) is 0 Å². The molecule has 1 fully saturated rings. The smallest absolute Gasteiger partial charge is 0.335 e. The number of ether oxygens (including phenoxy) is 1. The maximum absolute atomic E-state index is 10.9. The Kier molecular flexibility index (Phi) is 3.43. The molecule has 0 radical (unpaired) electrons. The van der Waals surface area contributed by atoms with E-state index >= 15 is 0 Å². The number of hydrogen-bond donors (Lipinski definition) is 2. The average Bonchev–Trinajstić information content (AvgIpc) is 2.32. The molecule has 1 heterocycles. The topological polar surface area (TPSA) is 75.8 Å².